The number of oxime groups is 1. The Morgan fingerprint density at radius 1 is 1.15 bits per heavy atom. The van der Waals surface area contributed by atoms with Crippen LogP contribution in [0.1, 0.15) is 28.9 Å². The van der Waals surface area contributed by atoms with Crippen molar-refractivity contribution in [2.75, 3.05) is 0 Å². The van der Waals surface area contributed by atoms with Gasteiger partial charge in [0.1, 0.15) is 0 Å². The summed E-state index contributed by atoms with van der Waals surface area (Å²) in [6.07, 6.45) is -10.7. The average Bonchev–Trinajstić information content (AvgIpc) is 3.13. The quantitative estimate of drug-likeness (QED) is 0.591. The molecule has 11 heteroatoms. The van der Waals surface area contributed by atoms with E-state index in [9.17, 15) is 26.3 Å². The first-order valence-electron chi connectivity index (χ1n) is 7.55. The predicted molar refractivity (Wildman–Crippen MR) is 87.1 cm³/mol. The molecule has 1 aliphatic heterocycles. The maximum absolute atomic E-state index is 13.9. The predicted octanol–water partition coefficient (Wildman–Crippen LogP) is 5.09. The van der Waals surface area contributed by atoms with Gasteiger partial charge in [0.25, 0.3) is 5.60 Å². The number of aryl methyl sites for hydroxylation is 2. The van der Waals surface area contributed by atoms with Gasteiger partial charge in [-0.05, 0) is 24.6 Å². The molecule has 2 heterocycles. The van der Waals surface area contributed by atoms with Gasteiger partial charge >= 0.3 is 12.4 Å². The molecule has 0 saturated carbocycles. The summed E-state index contributed by atoms with van der Waals surface area (Å²) < 4.78 is 81.5. The Morgan fingerprint density at radius 2 is 1.81 bits per heavy atom. The molecule has 0 N–H and O–H groups in total. The summed E-state index contributed by atoms with van der Waals surface area (Å²) in [5.41, 5.74) is -4.04. The van der Waals surface area contributed by atoms with Gasteiger partial charge in [-0.1, -0.05) is 33.2 Å². The Morgan fingerprint density at radius 3 is 2.33 bits per heavy atom. The van der Waals surface area contributed by atoms with E-state index in [0.29, 0.717) is 20.8 Å². The van der Waals surface area contributed by atoms with Crippen molar-refractivity contribution in [3.63, 3.8) is 0 Å². The summed E-state index contributed by atoms with van der Waals surface area (Å²) in [6.45, 7) is 1.80. The molecule has 1 aromatic heterocycles. The first-order valence-corrected chi connectivity index (χ1v) is 8.34. The Kier molecular flexibility index (Phi) is 4.56. The zero-order valence-corrected chi connectivity index (χ0v) is 15.5. The van der Waals surface area contributed by atoms with Crippen LogP contribution in [0.5, 0.6) is 0 Å². The Labute approximate surface area is 157 Å². The van der Waals surface area contributed by atoms with Crippen LogP contribution in [0.25, 0.3) is 0 Å². The first-order chi connectivity index (χ1) is 12.3. The normalized spacial score (nSPS) is 20.6. The van der Waals surface area contributed by atoms with E-state index in [1.54, 1.807) is 25.1 Å². The van der Waals surface area contributed by atoms with Crippen LogP contribution in [0.15, 0.2) is 33.9 Å². The number of halogens is 7. The van der Waals surface area contributed by atoms with Crippen LogP contribution < -0.4 is 0 Å². The molecule has 3 rings (SSSR count). The van der Waals surface area contributed by atoms with Gasteiger partial charge in [-0.25, -0.2) is 0 Å². The Hall–Kier alpha value is -2.04. The molecule has 0 radical (unpaired) electrons. The molecule has 1 aliphatic rings. The molecule has 1 atom stereocenters. The highest BCUT2D eigenvalue weighted by molar-refractivity contribution is 9.10. The summed E-state index contributed by atoms with van der Waals surface area (Å²) in [4.78, 5) is 4.75. The SMILES string of the molecule is Cc1ccc(C2=NOC(c3cc(C(F)(F)F)nn3C)(C(F)(F)F)C2)cc1Br. The van der Waals surface area contributed by atoms with Gasteiger partial charge in [0.15, 0.2) is 5.69 Å². The van der Waals surface area contributed by atoms with Crippen LogP contribution in [-0.2, 0) is 23.7 Å². The number of aromatic nitrogens is 2. The third-order valence-corrected chi connectivity index (χ3v) is 5.13. The van der Waals surface area contributed by atoms with E-state index in [0.717, 1.165) is 12.6 Å². The van der Waals surface area contributed by atoms with E-state index >= 15 is 0 Å². The lowest BCUT2D eigenvalue weighted by Gasteiger charge is -2.28. The zero-order valence-electron chi connectivity index (χ0n) is 13.9. The van der Waals surface area contributed by atoms with E-state index in [1.807, 2.05) is 0 Å². The van der Waals surface area contributed by atoms with Crippen molar-refractivity contribution in [3.8, 4) is 0 Å². The molecule has 0 amide bonds. The Balaban J connectivity index is 2.05. The number of rotatable bonds is 2. The molecule has 0 fully saturated rings. The fraction of sp³-hybridized carbons (Fsp3) is 0.375. The fourth-order valence-electron chi connectivity index (χ4n) is 2.78. The van der Waals surface area contributed by atoms with Crippen molar-refractivity contribution < 1.29 is 31.2 Å². The van der Waals surface area contributed by atoms with Gasteiger partial charge in [0.05, 0.1) is 17.8 Å². The molecule has 1 aromatic carbocycles. The second-order valence-electron chi connectivity index (χ2n) is 6.13. The van der Waals surface area contributed by atoms with E-state index in [2.05, 4.69) is 26.2 Å². The topological polar surface area (TPSA) is 39.4 Å². The molecule has 0 bridgehead atoms. The summed E-state index contributed by atoms with van der Waals surface area (Å²) >= 11 is 3.29. The highest BCUT2D eigenvalue weighted by atomic mass is 79.9. The number of hydrogen-bond acceptors (Lipinski definition) is 3. The molecule has 0 saturated heterocycles. The third-order valence-electron chi connectivity index (χ3n) is 4.28. The molecular formula is C16H12BrF6N3O. The molecule has 4 nitrogen and oxygen atoms in total. The first kappa shape index (κ1) is 19.7. The van der Waals surface area contributed by atoms with Gasteiger partial charge in [0, 0.05) is 17.1 Å². The van der Waals surface area contributed by atoms with E-state index < -0.39 is 35.8 Å². The van der Waals surface area contributed by atoms with E-state index in [1.165, 1.54) is 0 Å². The van der Waals surface area contributed by atoms with E-state index in [4.69, 9.17) is 4.84 Å². The zero-order chi connectivity index (χ0) is 20.2. The monoisotopic (exact) mass is 455 g/mol. The minimum Gasteiger partial charge on any atom is -0.372 e. The van der Waals surface area contributed by atoms with Crippen molar-refractivity contribution in [1.29, 1.82) is 0 Å². The number of hydrogen-bond donors (Lipinski definition) is 0. The summed E-state index contributed by atoms with van der Waals surface area (Å²) in [6, 6.07) is 5.17. The molecule has 146 valence electrons. The van der Waals surface area contributed by atoms with Crippen LogP contribution >= 0.6 is 15.9 Å². The maximum atomic E-state index is 13.9. The number of nitrogens with zero attached hydrogens (tertiary/aromatic N) is 3. The van der Waals surface area contributed by atoms with Crippen molar-refractivity contribution >= 4 is 21.6 Å². The minimum atomic E-state index is -5.02. The van der Waals surface area contributed by atoms with Crippen molar-refractivity contribution in [1.82, 2.24) is 9.78 Å². The second-order valence-corrected chi connectivity index (χ2v) is 6.99. The molecule has 27 heavy (non-hydrogen) atoms. The molecule has 2 aromatic rings. The van der Waals surface area contributed by atoms with Crippen LogP contribution in [-0.4, -0.2) is 21.7 Å². The Bertz CT molecular complexity index is 918. The molecule has 0 spiro atoms. The average molecular weight is 456 g/mol. The number of benzene rings is 1. The van der Waals surface area contributed by atoms with E-state index in [-0.39, 0.29) is 5.71 Å². The minimum absolute atomic E-state index is 0.0252. The van der Waals surface area contributed by atoms with Gasteiger partial charge in [-0.3, -0.25) is 4.68 Å². The van der Waals surface area contributed by atoms with Gasteiger partial charge in [-0.15, -0.1) is 0 Å². The highest BCUT2D eigenvalue weighted by Crippen LogP contribution is 2.49. The van der Waals surface area contributed by atoms with Gasteiger partial charge < -0.3 is 4.84 Å². The number of alkyl halides is 6. The smallest absolute Gasteiger partial charge is 0.372 e. The largest absolute Gasteiger partial charge is 0.437 e. The second kappa shape index (κ2) is 6.25. The van der Waals surface area contributed by atoms with Crippen molar-refractivity contribution in [2.45, 2.75) is 31.3 Å². The van der Waals surface area contributed by atoms with Crippen molar-refractivity contribution in [2.24, 2.45) is 12.2 Å². The van der Waals surface area contributed by atoms with Crippen LogP contribution in [0, 0.1) is 6.92 Å². The third kappa shape index (κ3) is 3.32. The van der Waals surface area contributed by atoms with Crippen molar-refractivity contribution in [3.05, 3.63) is 51.3 Å². The van der Waals surface area contributed by atoms with Crippen LogP contribution in [0.3, 0.4) is 0 Å². The molecule has 1 unspecified atom stereocenters. The summed E-state index contributed by atoms with van der Waals surface area (Å²) in [5.74, 6) is 0. The fourth-order valence-corrected chi connectivity index (χ4v) is 3.16. The summed E-state index contributed by atoms with van der Waals surface area (Å²) in [5, 5.41) is 6.70. The molecular weight excluding hydrogens is 444 g/mol. The standard InChI is InChI=1S/C16H12BrF6N3O/c1-8-3-4-9(5-10(8)17)11-7-14(27-25-11,16(21,22)23)13-6-12(15(18,19)20)24-26(13)2/h3-6H,7H2,1-2H3. The maximum Gasteiger partial charge on any atom is 0.437 e. The lowest BCUT2D eigenvalue weighted by atomic mass is 9.90. The lowest BCUT2D eigenvalue weighted by Crippen LogP contribution is -2.44. The van der Waals surface area contributed by atoms with Crippen LogP contribution in [0.4, 0.5) is 26.3 Å². The lowest BCUT2D eigenvalue weighted by molar-refractivity contribution is -0.278. The van der Waals surface area contributed by atoms with Crippen LogP contribution in [0.2, 0.25) is 0 Å². The van der Waals surface area contributed by atoms with Gasteiger partial charge in [-0.2, -0.15) is 31.4 Å². The highest BCUT2D eigenvalue weighted by Gasteiger charge is 2.64. The van der Waals surface area contributed by atoms with Gasteiger partial charge in [0.2, 0.25) is 0 Å². The summed E-state index contributed by atoms with van der Waals surface area (Å²) in [7, 11) is 1.00. The molecule has 0 aliphatic carbocycles.